The van der Waals surface area contributed by atoms with Crippen molar-refractivity contribution in [3.05, 3.63) is 0 Å². The van der Waals surface area contributed by atoms with Crippen molar-refractivity contribution in [2.45, 2.75) is 26.1 Å². The van der Waals surface area contributed by atoms with Gasteiger partial charge in [0.05, 0.1) is 12.2 Å². The van der Waals surface area contributed by atoms with Crippen LogP contribution >= 0.6 is 0 Å². The van der Waals surface area contributed by atoms with E-state index in [-0.39, 0.29) is 12.2 Å². The number of hydrogen-bond acceptors (Lipinski definition) is 4. The second-order valence-electron chi connectivity index (χ2n) is 3.44. The van der Waals surface area contributed by atoms with Crippen LogP contribution in [0.15, 0.2) is 0 Å². The molecule has 0 aromatic heterocycles. The van der Waals surface area contributed by atoms with Crippen molar-refractivity contribution in [2.24, 2.45) is 5.84 Å². The highest BCUT2D eigenvalue weighted by atomic mass is 16.5. The molecule has 2 amide bonds. The normalized spacial score (nSPS) is 27.2. The lowest BCUT2D eigenvalue weighted by atomic mass is 10.2. The monoisotopic (exact) mass is 201 g/mol. The van der Waals surface area contributed by atoms with E-state index in [2.05, 4.69) is 0 Å². The molecule has 1 rings (SSSR count). The minimum absolute atomic E-state index is 0.0479. The van der Waals surface area contributed by atoms with E-state index in [0.29, 0.717) is 13.1 Å². The molecule has 6 heteroatoms. The van der Waals surface area contributed by atoms with Crippen molar-refractivity contribution >= 4 is 11.8 Å². The molecule has 1 fully saturated rings. The molecule has 1 saturated heterocycles. The van der Waals surface area contributed by atoms with E-state index >= 15 is 0 Å². The third kappa shape index (κ3) is 2.43. The predicted molar refractivity (Wildman–Crippen MR) is 48.9 cm³/mol. The molecular weight excluding hydrogens is 186 g/mol. The van der Waals surface area contributed by atoms with Crippen LogP contribution in [0.2, 0.25) is 0 Å². The maximum atomic E-state index is 11.4. The van der Waals surface area contributed by atoms with Crippen LogP contribution in [-0.2, 0) is 14.3 Å². The van der Waals surface area contributed by atoms with E-state index in [0.717, 1.165) is 0 Å². The second-order valence-corrected chi connectivity index (χ2v) is 3.44. The standard InChI is InChI=1S/C8H15N3O3/c1-5-3-11(4-6(2)14-5)8(13)7(12)10-9/h5-6H,3-4,9H2,1-2H3,(H,10,12). The lowest BCUT2D eigenvalue weighted by molar-refractivity contribution is -0.153. The Morgan fingerprint density at radius 3 is 2.29 bits per heavy atom. The van der Waals surface area contributed by atoms with Crippen LogP contribution in [0.25, 0.3) is 0 Å². The smallest absolute Gasteiger partial charge is 0.323 e. The molecule has 2 unspecified atom stereocenters. The summed E-state index contributed by atoms with van der Waals surface area (Å²) in [6, 6.07) is 0. The Morgan fingerprint density at radius 1 is 1.36 bits per heavy atom. The van der Waals surface area contributed by atoms with Gasteiger partial charge in [0.15, 0.2) is 0 Å². The van der Waals surface area contributed by atoms with E-state index in [9.17, 15) is 9.59 Å². The molecule has 0 radical (unpaired) electrons. The fourth-order valence-electron chi connectivity index (χ4n) is 1.55. The molecular formula is C8H15N3O3. The molecule has 1 heterocycles. The zero-order valence-corrected chi connectivity index (χ0v) is 8.32. The molecule has 14 heavy (non-hydrogen) atoms. The highest BCUT2D eigenvalue weighted by Gasteiger charge is 2.29. The number of ether oxygens (including phenoxy) is 1. The summed E-state index contributed by atoms with van der Waals surface area (Å²) in [5, 5.41) is 0. The summed E-state index contributed by atoms with van der Waals surface area (Å²) in [7, 11) is 0. The topological polar surface area (TPSA) is 84.7 Å². The quantitative estimate of drug-likeness (QED) is 0.219. The van der Waals surface area contributed by atoms with Crippen molar-refractivity contribution in [3.63, 3.8) is 0 Å². The molecule has 80 valence electrons. The van der Waals surface area contributed by atoms with Gasteiger partial charge in [-0.15, -0.1) is 0 Å². The van der Waals surface area contributed by atoms with Gasteiger partial charge in [-0.1, -0.05) is 0 Å². The molecule has 1 aliphatic rings. The average Bonchev–Trinajstić information content (AvgIpc) is 2.14. The van der Waals surface area contributed by atoms with Gasteiger partial charge >= 0.3 is 11.8 Å². The van der Waals surface area contributed by atoms with E-state index in [1.165, 1.54) is 4.90 Å². The number of carbonyl (C=O) groups is 2. The van der Waals surface area contributed by atoms with Crippen LogP contribution in [0.3, 0.4) is 0 Å². The van der Waals surface area contributed by atoms with Gasteiger partial charge in [-0.25, -0.2) is 5.84 Å². The summed E-state index contributed by atoms with van der Waals surface area (Å²) in [5.74, 6) is 3.48. The summed E-state index contributed by atoms with van der Waals surface area (Å²) in [6.07, 6.45) is -0.0958. The van der Waals surface area contributed by atoms with Crippen molar-refractivity contribution in [3.8, 4) is 0 Å². The predicted octanol–water partition coefficient (Wildman–Crippen LogP) is -1.39. The first-order chi connectivity index (χ1) is 6.54. The Balaban J connectivity index is 2.59. The number of hydrogen-bond donors (Lipinski definition) is 2. The van der Waals surface area contributed by atoms with Crippen LogP contribution in [-0.4, -0.2) is 42.0 Å². The largest absolute Gasteiger partial charge is 0.372 e. The van der Waals surface area contributed by atoms with Gasteiger partial charge in [0.2, 0.25) is 0 Å². The molecule has 1 aliphatic heterocycles. The van der Waals surface area contributed by atoms with Crippen LogP contribution < -0.4 is 11.3 Å². The van der Waals surface area contributed by atoms with Gasteiger partial charge in [-0.2, -0.15) is 0 Å². The maximum absolute atomic E-state index is 11.4. The number of nitrogens with two attached hydrogens (primary N) is 1. The molecule has 0 bridgehead atoms. The minimum Gasteiger partial charge on any atom is -0.372 e. The third-order valence-electron chi connectivity index (χ3n) is 2.03. The van der Waals surface area contributed by atoms with Gasteiger partial charge in [0.1, 0.15) is 0 Å². The fourth-order valence-corrected chi connectivity index (χ4v) is 1.55. The fraction of sp³-hybridized carbons (Fsp3) is 0.750. The van der Waals surface area contributed by atoms with Crippen LogP contribution in [0.1, 0.15) is 13.8 Å². The summed E-state index contributed by atoms with van der Waals surface area (Å²) >= 11 is 0. The highest BCUT2D eigenvalue weighted by Crippen LogP contribution is 2.10. The number of rotatable bonds is 0. The molecule has 0 aliphatic carbocycles. The van der Waals surface area contributed by atoms with Crippen LogP contribution in [0.5, 0.6) is 0 Å². The molecule has 6 nitrogen and oxygen atoms in total. The van der Waals surface area contributed by atoms with E-state index in [4.69, 9.17) is 10.6 Å². The SMILES string of the molecule is CC1CN(C(=O)C(=O)NN)CC(C)O1. The number of morpholine rings is 1. The first-order valence-electron chi connectivity index (χ1n) is 4.50. The molecule has 0 aromatic carbocycles. The minimum atomic E-state index is -0.786. The van der Waals surface area contributed by atoms with Gasteiger partial charge in [0.25, 0.3) is 0 Å². The van der Waals surface area contributed by atoms with E-state index in [1.807, 2.05) is 19.3 Å². The van der Waals surface area contributed by atoms with Crippen molar-refractivity contribution in [1.82, 2.24) is 10.3 Å². The van der Waals surface area contributed by atoms with Crippen molar-refractivity contribution in [1.29, 1.82) is 0 Å². The molecule has 3 N–H and O–H groups in total. The lowest BCUT2D eigenvalue weighted by Gasteiger charge is -2.34. The van der Waals surface area contributed by atoms with Gasteiger partial charge in [-0.3, -0.25) is 15.0 Å². The molecule has 0 saturated carbocycles. The zero-order valence-electron chi connectivity index (χ0n) is 8.32. The van der Waals surface area contributed by atoms with E-state index in [1.54, 1.807) is 0 Å². The summed E-state index contributed by atoms with van der Waals surface area (Å²) in [4.78, 5) is 23.8. The summed E-state index contributed by atoms with van der Waals surface area (Å²) < 4.78 is 5.42. The Labute approximate surface area is 82.3 Å². The van der Waals surface area contributed by atoms with Crippen molar-refractivity contribution < 1.29 is 14.3 Å². The summed E-state index contributed by atoms with van der Waals surface area (Å²) in [5.41, 5.74) is 1.82. The summed E-state index contributed by atoms with van der Waals surface area (Å²) in [6.45, 7) is 4.57. The van der Waals surface area contributed by atoms with Gasteiger partial charge < -0.3 is 9.64 Å². The Kier molecular flexibility index (Phi) is 3.43. The highest BCUT2D eigenvalue weighted by molar-refractivity contribution is 6.34. The van der Waals surface area contributed by atoms with Crippen LogP contribution in [0.4, 0.5) is 0 Å². The van der Waals surface area contributed by atoms with Crippen LogP contribution in [0, 0.1) is 0 Å². The molecule has 2 atom stereocenters. The number of nitrogens with zero attached hydrogens (tertiary/aromatic N) is 1. The zero-order chi connectivity index (χ0) is 10.7. The Hall–Kier alpha value is -1.14. The molecule has 0 spiro atoms. The van der Waals surface area contributed by atoms with Crippen molar-refractivity contribution in [2.75, 3.05) is 13.1 Å². The van der Waals surface area contributed by atoms with Gasteiger partial charge in [-0.05, 0) is 13.8 Å². The first-order valence-corrected chi connectivity index (χ1v) is 4.50. The molecule has 0 aromatic rings. The Bertz CT molecular complexity index is 234. The number of amides is 2. The Morgan fingerprint density at radius 2 is 1.86 bits per heavy atom. The second kappa shape index (κ2) is 4.39. The number of nitrogens with one attached hydrogen (secondary N) is 1. The third-order valence-corrected chi connectivity index (χ3v) is 2.03. The average molecular weight is 201 g/mol. The lowest BCUT2D eigenvalue weighted by Crippen LogP contribution is -2.53. The number of carbonyl (C=O) groups excluding carboxylic acids is 2. The van der Waals surface area contributed by atoms with E-state index < -0.39 is 11.8 Å². The maximum Gasteiger partial charge on any atom is 0.323 e. The van der Waals surface area contributed by atoms with Gasteiger partial charge in [0, 0.05) is 13.1 Å². The first kappa shape index (κ1) is 10.9. The number of hydrazine groups is 1.